The van der Waals surface area contributed by atoms with E-state index in [4.69, 9.17) is 4.74 Å². The molecule has 4 nitrogen and oxygen atoms in total. The number of methoxy groups -OCH3 is 1. The Morgan fingerprint density at radius 3 is 2.64 bits per heavy atom. The van der Waals surface area contributed by atoms with Gasteiger partial charge in [-0.15, -0.1) is 0 Å². The van der Waals surface area contributed by atoms with E-state index in [-0.39, 0.29) is 0 Å². The van der Waals surface area contributed by atoms with Crippen LogP contribution in [-0.4, -0.2) is 22.1 Å². The molecular weight excluding hydrogens is 274 g/mol. The van der Waals surface area contributed by atoms with Crippen LogP contribution >= 0.6 is 0 Å². The summed E-state index contributed by atoms with van der Waals surface area (Å²) in [5.41, 5.74) is 3.80. The maximum atomic E-state index is 5.07. The van der Waals surface area contributed by atoms with Gasteiger partial charge in [0, 0.05) is 41.2 Å². The molecule has 0 aromatic carbocycles. The van der Waals surface area contributed by atoms with Crippen LogP contribution in [0.15, 0.2) is 36.8 Å². The van der Waals surface area contributed by atoms with Crippen LogP contribution in [0.1, 0.15) is 30.5 Å². The smallest absolute Gasteiger partial charge is 0.214 e. The summed E-state index contributed by atoms with van der Waals surface area (Å²) in [5, 5.41) is 1.10. The second-order valence-electron chi connectivity index (χ2n) is 4.43. The van der Waals surface area contributed by atoms with Gasteiger partial charge in [-0.2, -0.15) is 0 Å². The second-order valence-corrected chi connectivity index (χ2v) is 4.43. The molecule has 22 heavy (non-hydrogen) atoms. The lowest BCUT2D eigenvalue weighted by Gasteiger charge is -1.97. The summed E-state index contributed by atoms with van der Waals surface area (Å²) in [6.07, 6.45) is 5.40. The number of aryl methyl sites for hydroxylation is 1. The van der Waals surface area contributed by atoms with Crippen LogP contribution in [0.5, 0.6) is 5.88 Å². The summed E-state index contributed by atoms with van der Waals surface area (Å²) in [5.74, 6) is 6.77. The lowest BCUT2D eigenvalue weighted by atomic mass is 10.2. The first-order valence-corrected chi connectivity index (χ1v) is 7.22. The first kappa shape index (κ1) is 15.6. The van der Waals surface area contributed by atoms with Crippen LogP contribution in [0, 0.1) is 18.8 Å². The average molecular weight is 293 g/mol. The van der Waals surface area contributed by atoms with Crippen molar-refractivity contribution >= 4 is 11.0 Å². The number of rotatable bonds is 1. The maximum absolute atomic E-state index is 5.07. The van der Waals surface area contributed by atoms with Crippen molar-refractivity contribution in [2.45, 2.75) is 20.8 Å². The highest BCUT2D eigenvalue weighted by Gasteiger charge is 2.00. The second kappa shape index (κ2) is 7.28. The molecule has 4 heteroatoms. The highest BCUT2D eigenvalue weighted by molar-refractivity contribution is 5.80. The molecule has 3 aromatic heterocycles. The van der Waals surface area contributed by atoms with Gasteiger partial charge in [0.2, 0.25) is 5.88 Å². The summed E-state index contributed by atoms with van der Waals surface area (Å²) in [6.45, 7) is 6.05. The van der Waals surface area contributed by atoms with Gasteiger partial charge in [0.25, 0.3) is 0 Å². The predicted molar refractivity (Wildman–Crippen MR) is 88.9 cm³/mol. The van der Waals surface area contributed by atoms with E-state index in [1.54, 1.807) is 25.6 Å². The van der Waals surface area contributed by atoms with Crippen LogP contribution in [0.3, 0.4) is 0 Å². The van der Waals surface area contributed by atoms with E-state index >= 15 is 0 Å². The largest absolute Gasteiger partial charge is 0.481 e. The first-order chi connectivity index (χ1) is 10.8. The number of aromatic nitrogens is 3. The normalized spacial score (nSPS) is 9.45. The molecule has 0 aliphatic carbocycles. The molecule has 0 saturated heterocycles. The van der Waals surface area contributed by atoms with E-state index in [1.807, 2.05) is 39.1 Å². The zero-order chi connectivity index (χ0) is 15.9. The lowest BCUT2D eigenvalue weighted by Crippen LogP contribution is -1.87. The number of ether oxygens (including phenoxy) is 1. The average Bonchev–Trinajstić information content (AvgIpc) is 2.96. The van der Waals surface area contributed by atoms with Crippen molar-refractivity contribution in [1.29, 1.82) is 0 Å². The van der Waals surface area contributed by atoms with E-state index in [2.05, 4.69) is 26.8 Å². The molecule has 0 amide bonds. The number of nitrogens with one attached hydrogen (secondary N) is 1. The number of fused-ring (bicyclic) bond motifs is 1. The van der Waals surface area contributed by atoms with Crippen LogP contribution in [-0.2, 0) is 0 Å². The molecule has 0 spiro atoms. The van der Waals surface area contributed by atoms with Crippen LogP contribution in [0.2, 0.25) is 0 Å². The number of hydrogen-bond donors (Lipinski definition) is 1. The van der Waals surface area contributed by atoms with Crippen molar-refractivity contribution in [2.75, 3.05) is 7.11 Å². The van der Waals surface area contributed by atoms with Gasteiger partial charge in [-0.25, -0.2) is 9.97 Å². The monoisotopic (exact) mass is 293 g/mol. The Balaban J connectivity index is 0.000000847. The van der Waals surface area contributed by atoms with Crippen molar-refractivity contribution in [3.63, 3.8) is 0 Å². The Morgan fingerprint density at radius 1 is 1.09 bits per heavy atom. The van der Waals surface area contributed by atoms with Crippen LogP contribution < -0.4 is 4.74 Å². The Labute approximate surface area is 130 Å². The molecule has 0 fully saturated rings. The minimum absolute atomic E-state index is 0.562. The zero-order valence-electron chi connectivity index (χ0n) is 13.3. The van der Waals surface area contributed by atoms with Gasteiger partial charge >= 0.3 is 0 Å². The molecule has 0 aliphatic heterocycles. The number of pyridine rings is 2. The number of hydrogen-bond acceptors (Lipinski definition) is 3. The third kappa shape index (κ3) is 3.44. The SMILES string of the molecule is CC.COc1cc(C#Cc2cnc3[nH]cc(C)c3c2)ccn1. The van der Waals surface area contributed by atoms with Gasteiger partial charge in [-0.3, -0.25) is 0 Å². The summed E-state index contributed by atoms with van der Waals surface area (Å²) in [4.78, 5) is 11.5. The molecule has 3 rings (SSSR count). The molecular formula is C18H19N3O. The minimum Gasteiger partial charge on any atom is -0.481 e. The number of H-pyrrole nitrogens is 1. The van der Waals surface area contributed by atoms with Crippen molar-refractivity contribution in [1.82, 2.24) is 15.0 Å². The van der Waals surface area contributed by atoms with E-state index in [0.717, 1.165) is 22.2 Å². The molecule has 3 aromatic rings. The lowest BCUT2D eigenvalue weighted by molar-refractivity contribution is 0.398. The van der Waals surface area contributed by atoms with Crippen molar-refractivity contribution in [3.8, 4) is 17.7 Å². The molecule has 1 N–H and O–H groups in total. The molecule has 0 unspecified atom stereocenters. The van der Waals surface area contributed by atoms with Gasteiger partial charge in [0.05, 0.1) is 7.11 Å². The highest BCUT2D eigenvalue weighted by atomic mass is 16.5. The molecule has 0 saturated carbocycles. The van der Waals surface area contributed by atoms with Crippen LogP contribution in [0.4, 0.5) is 0 Å². The van der Waals surface area contributed by atoms with Gasteiger partial charge in [-0.05, 0) is 24.6 Å². The summed E-state index contributed by atoms with van der Waals surface area (Å²) >= 11 is 0. The van der Waals surface area contributed by atoms with E-state index < -0.39 is 0 Å². The third-order valence-corrected chi connectivity index (χ3v) is 3.03. The Bertz CT molecular complexity index is 825. The van der Waals surface area contributed by atoms with E-state index in [0.29, 0.717) is 5.88 Å². The zero-order valence-corrected chi connectivity index (χ0v) is 13.3. The molecule has 112 valence electrons. The van der Waals surface area contributed by atoms with E-state index in [9.17, 15) is 0 Å². The molecule has 0 bridgehead atoms. The molecule has 0 aliphatic rings. The van der Waals surface area contributed by atoms with Gasteiger partial charge in [0.1, 0.15) is 5.65 Å². The topological polar surface area (TPSA) is 50.8 Å². The number of aromatic amines is 1. The quantitative estimate of drug-likeness (QED) is 0.696. The fourth-order valence-corrected chi connectivity index (χ4v) is 1.95. The summed E-state index contributed by atoms with van der Waals surface area (Å²) < 4.78 is 5.07. The highest BCUT2D eigenvalue weighted by Crippen LogP contribution is 2.16. The van der Waals surface area contributed by atoms with Gasteiger partial charge in [0.15, 0.2) is 0 Å². The van der Waals surface area contributed by atoms with Crippen molar-refractivity contribution in [3.05, 3.63) is 53.5 Å². The van der Waals surface area contributed by atoms with E-state index in [1.165, 1.54) is 5.56 Å². The minimum atomic E-state index is 0.562. The summed E-state index contributed by atoms with van der Waals surface area (Å²) in [6, 6.07) is 5.70. The van der Waals surface area contributed by atoms with Crippen molar-refractivity contribution in [2.24, 2.45) is 0 Å². The summed E-state index contributed by atoms with van der Waals surface area (Å²) in [7, 11) is 1.59. The fourth-order valence-electron chi connectivity index (χ4n) is 1.95. The molecule has 0 radical (unpaired) electrons. The standard InChI is InChI=1S/C16H13N3O.C2H6/c1-11-9-18-16-14(11)7-13(10-19-16)4-3-12-5-6-17-15(8-12)20-2;1-2/h5-10H,1-2H3,(H,18,19);1-2H3. The van der Waals surface area contributed by atoms with Gasteiger partial charge < -0.3 is 9.72 Å². The van der Waals surface area contributed by atoms with Gasteiger partial charge in [-0.1, -0.05) is 25.7 Å². The molecule has 3 heterocycles. The third-order valence-electron chi connectivity index (χ3n) is 3.03. The predicted octanol–water partition coefficient (Wildman–Crippen LogP) is 3.70. The Hall–Kier alpha value is -2.80. The maximum Gasteiger partial charge on any atom is 0.214 e. The van der Waals surface area contributed by atoms with Crippen LogP contribution in [0.25, 0.3) is 11.0 Å². The Kier molecular flexibility index (Phi) is 5.16. The molecule has 0 atom stereocenters. The number of nitrogens with zero attached hydrogens (tertiary/aromatic N) is 2. The van der Waals surface area contributed by atoms with Crippen molar-refractivity contribution < 1.29 is 4.74 Å². The fraction of sp³-hybridized carbons (Fsp3) is 0.222. The Morgan fingerprint density at radius 2 is 1.86 bits per heavy atom. The first-order valence-electron chi connectivity index (χ1n) is 7.22.